The van der Waals surface area contributed by atoms with Crippen molar-refractivity contribution in [2.45, 2.75) is 25.3 Å². The topological polar surface area (TPSA) is 17.8 Å². The van der Waals surface area contributed by atoms with E-state index in [1.54, 1.807) is 0 Å². The van der Waals surface area contributed by atoms with E-state index in [1.165, 1.54) is 5.56 Å². The summed E-state index contributed by atoms with van der Waals surface area (Å²) in [5.41, 5.74) is 3.30. The summed E-state index contributed by atoms with van der Waals surface area (Å²) in [4.78, 5) is 4.59. The molecule has 1 unspecified atom stereocenters. The Hall–Kier alpha value is -1.51. The largest absolute Gasteiger partial charge is 0.326 e. The van der Waals surface area contributed by atoms with Gasteiger partial charge in [0.15, 0.2) is 0 Å². The van der Waals surface area contributed by atoms with Crippen molar-refractivity contribution >= 4 is 34.2 Å². The second-order valence-corrected chi connectivity index (χ2v) is 5.92. The Balaban J connectivity index is 1.99. The number of rotatable bonds is 4. The third-order valence-electron chi connectivity index (χ3n) is 3.73. The van der Waals surface area contributed by atoms with Gasteiger partial charge in [0, 0.05) is 11.6 Å². The Morgan fingerprint density at radius 1 is 1.14 bits per heavy atom. The van der Waals surface area contributed by atoms with E-state index in [0.29, 0.717) is 16.8 Å². The van der Waals surface area contributed by atoms with Gasteiger partial charge in [0.1, 0.15) is 5.82 Å². The second-order valence-electron chi connectivity index (χ2n) is 5.22. The number of nitrogens with zero attached hydrogens (tertiary/aromatic N) is 2. The van der Waals surface area contributed by atoms with Crippen LogP contribution >= 0.6 is 23.2 Å². The molecule has 0 aliphatic heterocycles. The van der Waals surface area contributed by atoms with Gasteiger partial charge in [0.2, 0.25) is 0 Å². The molecule has 3 rings (SSSR count). The van der Waals surface area contributed by atoms with Crippen LogP contribution in [0.15, 0.2) is 48.5 Å². The Kier molecular flexibility index (Phi) is 4.18. The van der Waals surface area contributed by atoms with E-state index in [4.69, 9.17) is 23.2 Å². The lowest BCUT2D eigenvalue weighted by atomic mass is 10.0. The van der Waals surface area contributed by atoms with Gasteiger partial charge in [-0.05, 0) is 29.7 Å². The van der Waals surface area contributed by atoms with Crippen LogP contribution in [0, 0.1) is 0 Å². The summed E-state index contributed by atoms with van der Waals surface area (Å²) in [7, 11) is 0. The van der Waals surface area contributed by atoms with Crippen LogP contribution in [-0.2, 0) is 12.4 Å². The number of halogens is 2. The molecular formula is C17H16Cl2N2. The molecule has 1 atom stereocenters. The highest BCUT2D eigenvalue weighted by atomic mass is 35.5. The van der Waals surface area contributed by atoms with Gasteiger partial charge in [0.05, 0.1) is 16.9 Å². The number of hydrogen-bond donors (Lipinski definition) is 0. The highest BCUT2D eigenvalue weighted by molar-refractivity contribution is 6.31. The zero-order chi connectivity index (χ0) is 14.8. The van der Waals surface area contributed by atoms with Crippen molar-refractivity contribution in [3.05, 3.63) is 64.9 Å². The summed E-state index contributed by atoms with van der Waals surface area (Å²) < 4.78 is 2.19. The summed E-state index contributed by atoms with van der Waals surface area (Å²) in [5, 5.41) is 0.699. The average Bonchev–Trinajstić information content (AvgIpc) is 2.85. The number of hydrogen-bond acceptors (Lipinski definition) is 1. The molecule has 0 radical (unpaired) electrons. The van der Waals surface area contributed by atoms with E-state index in [-0.39, 0.29) is 0 Å². The summed E-state index contributed by atoms with van der Waals surface area (Å²) in [6.07, 6.45) is 0. The van der Waals surface area contributed by atoms with Gasteiger partial charge in [-0.1, -0.05) is 48.9 Å². The molecule has 0 N–H and O–H groups in total. The van der Waals surface area contributed by atoms with Crippen LogP contribution in [-0.4, -0.2) is 9.55 Å². The quantitative estimate of drug-likeness (QED) is 0.602. The van der Waals surface area contributed by atoms with Crippen molar-refractivity contribution < 1.29 is 0 Å². The maximum Gasteiger partial charge on any atom is 0.124 e. The van der Waals surface area contributed by atoms with E-state index in [2.05, 4.69) is 40.7 Å². The summed E-state index contributed by atoms with van der Waals surface area (Å²) in [6, 6.07) is 16.3. The molecule has 0 aliphatic carbocycles. The summed E-state index contributed by atoms with van der Waals surface area (Å²) >= 11 is 12.1. The number of fused-ring (bicyclic) bond motifs is 1. The van der Waals surface area contributed by atoms with E-state index < -0.39 is 0 Å². The molecule has 4 heteroatoms. The highest BCUT2D eigenvalue weighted by Crippen LogP contribution is 2.25. The Morgan fingerprint density at radius 3 is 2.62 bits per heavy atom. The lowest BCUT2D eigenvalue weighted by Gasteiger charge is -2.15. The average molecular weight is 319 g/mol. The molecular weight excluding hydrogens is 303 g/mol. The van der Waals surface area contributed by atoms with Gasteiger partial charge in [-0.15, -0.1) is 11.6 Å². The predicted molar refractivity (Wildman–Crippen MR) is 89.2 cm³/mol. The first kappa shape index (κ1) is 14.4. The lowest BCUT2D eigenvalue weighted by molar-refractivity contribution is 0.595. The van der Waals surface area contributed by atoms with Crippen molar-refractivity contribution in [1.29, 1.82) is 0 Å². The molecule has 1 aromatic heterocycles. The molecule has 0 aliphatic rings. The Morgan fingerprint density at radius 2 is 1.90 bits per heavy atom. The van der Waals surface area contributed by atoms with Gasteiger partial charge in [-0.3, -0.25) is 0 Å². The van der Waals surface area contributed by atoms with Crippen LogP contribution in [0.1, 0.15) is 24.2 Å². The van der Waals surface area contributed by atoms with E-state index in [1.807, 2.05) is 24.3 Å². The molecule has 0 saturated carbocycles. The first-order valence-electron chi connectivity index (χ1n) is 6.94. The fraction of sp³-hybridized carbons (Fsp3) is 0.235. The molecule has 0 fully saturated rings. The molecule has 0 saturated heterocycles. The van der Waals surface area contributed by atoms with Crippen molar-refractivity contribution in [3.8, 4) is 0 Å². The van der Waals surface area contributed by atoms with Crippen molar-refractivity contribution in [3.63, 3.8) is 0 Å². The van der Waals surface area contributed by atoms with E-state index in [9.17, 15) is 0 Å². The molecule has 0 bridgehead atoms. The maximum absolute atomic E-state index is 6.06. The van der Waals surface area contributed by atoms with Crippen molar-refractivity contribution in [1.82, 2.24) is 9.55 Å². The maximum atomic E-state index is 6.06. The molecule has 1 heterocycles. The SMILES string of the molecule is CC(Cn1c(CCl)nc2cc(Cl)ccc21)c1ccccc1. The normalized spacial score (nSPS) is 12.7. The molecule has 2 nitrogen and oxygen atoms in total. The summed E-state index contributed by atoms with van der Waals surface area (Å²) in [5.74, 6) is 1.67. The zero-order valence-electron chi connectivity index (χ0n) is 11.8. The van der Waals surface area contributed by atoms with Gasteiger partial charge >= 0.3 is 0 Å². The highest BCUT2D eigenvalue weighted by Gasteiger charge is 2.14. The van der Waals surface area contributed by atoms with Gasteiger partial charge in [0.25, 0.3) is 0 Å². The molecule has 0 amide bonds. The summed E-state index contributed by atoms with van der Waals surface area (Å²) in [6.45, 7) is 3.07. The van der Waals surface area contributed by atoms with Crippen molar-refractivity contribution in [2.24, 2.45) is 0 Å². The van der Waals surface area contributed by atoms with Crippen LogP contribution in [0.25, 0.3) is 11.0 Å². The first-order chi connectivity index (χ1) is 10.2. The predicted octanol–water partition coefficient (Wildman–Crippen LogP) is 5.23. The smallest absolute Gasteiger partial charge is 0.124 e. The van der Waals surface area contributed by atoms with Crippen LogP contribution in [0.3, 0.4) is 0 Å². The first-order valence-corrected chi connectivity index (χ1v) is 7.86. The number of alkyl halides is 1. The minimum absolute atomic E-state index is 0.390. The number of imidazole rings is 1. The van der Waals surface area contributed by atoms with Gasteiger partial charge < -0.3 is 4.57 Å². The van der Waals surface area contributed by atoms with Crippen molar-refractivity contribution in [2.75, 3.05) is 0 Å². The standard InChI is InChI=1S/C17H16Cl2N2/c1-12(13-5-3-2-4-6-13)11-21-16-8-7-14(19)9-15(16)20-17(21)10-18/h2-9,12H,10-11H2,1H3. The number of benzene rings is 2. The van der Waals surface area contributed by atoms with Crippen LogP contribution in [0.4, 0.5) is 0 Å². The fourth-order valence-electron chi connectivity index (χ4n) is 2.62. The van der Waals surface area contributed by atoms with Crippen LogP contribution < -0.4 is 0 Å². The van der Waals surface area contributed by atoms with Crippen LogP contribution in [0.5, 0.6) is 0 Å². The molecule has 2 aromatic carbocycles. The lowest BCUT2D eigenvalue weighted by Crippen LogP contribution is -2.09. The second kappa shape index (κ2) is 6.08. The third-order valence-corrected chi connectivity index (χ3v) is 4.21. The molecule has 108 valence electrons. The number of aromatic nitrogens is 2. The third kappa shape index (κ3) is 2.92. The van der Waals surface area contributed by atoms with E-state index in [0.717, 1.165) is 23.4 Å². The zero-order valence-corrected chi connectivity index (χ0v) is 13.3. The minimum atomic E-state index is 0.390. The van der Waals surface area contributed by atoms with E-state index >= 15 is 0 Å². The molecule has 0 spiro atoms. The van der Waals surface area contributed by atoms with Crippen LogP contribution in [0.2, 0.25) is 5.02 Å². The van der Waals surface area contributed by atoms with Gasteiger partial charge in [-0.25, -0.2) is 4.98 Å². The Labute approximate surface area is 134 Å². The Bertz CT molecular complexity index is 750. The van der Waals surface area contributed by atoms with Gasteiger partial charge in [-0.2, -0.15) is 0 Å². The molecule has 21 heavy (non-hydrogen) atoms. The molecule has 3 aromatic rings. The fourth-order valence-corrected chi connectivity index (χ4v) is 2.99. The monoisotopic (exact) mass is 318 g/mol. The minimum Gasteiger partial charge on any atom is -0.326 e.